The van der Waals surface area contributed by atoms with Gasteiger partial charge in [-0.25, -0.2) is 26.2 Å². The zero-order chi connectivity index (χ0) is 26.4. The van der Waals surface area contributed by atoms with Gasteiger partial charge < -0.3 is 9.40 Å². The highest BCUT2D eigenvalue weighted by molar-refractivity contribution is 7.92. The number of hydrogen-bond acceptors (Lipinski definition) is 6. The number of H-pyrrole nitrogens is 1. The van der Waals surface area contributed by atoms with Crippen LogP contribution in [0.3, 0.4) is 0 Å². The lowest BCUT2D eigenvalue weighted by molar-refractivity contribution is 0.592. The third kappa shape index (κ3) is 5.57. The molecule has 1 fully saturated rings. The molecule has 0 aliphatic heterocycles. The van der Waals surface area contributed by atoms with Crippen molar-refractivity contribution >= 4 is 36.5 Å². The van der Waals surface area contributed by atoms with E-state index >= 15 is 0 Å². The van der Waals surface area contributed by atoms with Crippen LogP contribution in [0.4, 0.5) is 10.1 Å². The van der Waals surface area contributed by atoms with E-state index in [4.69, 9.17) is 4.42 Å². The number of anilines is 1. The molecule has 0 bridgehead atoms. The third-order valence-corrected chi connectivity index (χ3v) is 8.70. The summed E-state index contributed by atoms with van der Waals surface area (Å²) in [5.74, 6) is 0.951. The molecule has 0 saturated heterocycles. The molecule has 0 spiro atoms. The first-order chi connectivity index (χ1) is 17.5. The van der Waals surface area contributed by atoms with Gasteiger partial charge in [0.2, 0.25) is 10.0 Å². The molecule has 11 heteroatoms. The maximum absolute atomic E-state index is 13.6. The van der Waals surface area contributed by atoms with Gasteiger partial charge in [0.15, 0.2) is 0 Å². The molecule has 1 saturated carbocycles. The number of aromatic amines is 1. The molecule has 1 N–H and O–H groups in total. The van der Waals surface area contributed by atoms with Crippen LogP contribution in [-0.4, -0.2) is 51.6 Å². The van der Waals surface area contributed by atoms with E-state index in [2.05, 4.69) is 9.97 Å². The van der Waals surface area contributed by atoms with E-state index in [-0.39, 0.29) is 24.0 Å². The number of rotatable bonds is 10. The van der Waals surface area contributed by atoms with E-state index in [0.29, 0.717) is 41.3 Å². The normalized spacial score (nSPS) is 14.4. The predicted molar refractivity (Wildman–Crippen MR) is 142 cm³/mol. The van der Waals surface area contributed by atoms with E-state index in [1.165, 1.54) is 22.7 Å². The summed E-state index contributed by atoms with van der Waals surface area (Å²) in [6.45, 7) is 0.163. The van der Waals surface area contributed by atoms with E-state index in [1.807, 2.05) is 6.07 Å². The maximum atomic E-state index is 13.6. The quantitative estimate of drug-likeness (QED) is 0.278. The van der Waals surface area contributed by atoms with E-state index in [0.717, 1.165) is 35.6 Å². The zero-order valence-electron chi connectivity index (χ0n) is 20.6. The standard InChI is InChI=1S/C26H28FN3O5S2/c1-36(31,32)14-4-3-13-30(37(2,33)34)22-16-23-21(15-20(22)17-5-6-17)24(26-28-11-12-29-26)25(35-23)18-7-9-19(27)10-8-18/h7-12,15-17H,3-6,13-14H2,1-2H3,(H,28,29). The van der Waals surface area contributed by atoms with Crippen LogP contribution in [0.1, 0.15) is 37.2 Å². The summed E-state index contributed by atoms with van der Waals surface area (Å²) in [6.07, 6.45) is 8.34. The Labute approximate surface area is 215 Å². The number of nitrogens with one attached hydrogen (secondary N) is 1. The summed E-state index contributed by atoms with van der Waals surface area (Å²) in [5.41, 5.74) is 3.32. The molecule has 37 heavy (non-hydrogen) atoms. The van der Waals surface area contributed by atoms with E-state index in [9.17, 15) is 21.2 Å². The molecule has 0 amide bonds. The molecular weight excluding hydrogens is 517 g/mol. The molecule has 4 aromatic rings. The van der Waals surface area contributed by atoms with Crippen molar-refractivity contribution in [1.29, 1.82) is 0 Å². The summed E-state index contributed by atoms with van der Waals surface area (Å²) in [4.78, 5) is 7.55. The van der Waals surface area contributed by atoms with Gasteiger partial charge in [-0.15, -0.1) is 0 Å². The van der Waals surface area contributed by atoms with Gasteiger partial charge in [0.25, 0.3) is 0 Å². The first kappa shape index (κ1) is 25.5. The van der Waals surface area contributed by atoms with E-state index in [1.54, 1.807) is 30.6 Å². The summed E-state index contributed by atoms with van der Waals surface area (Å²) in [6, 6.07) is 9.71. The average molecular weight is 546 g/mol. The molecule has 2 heterocycles. The highest BCUT2D eigenvalue weighted by Crippen LogP contribution is 2.49. The molecule has 5 rings (SSSR count). The molecule has 0 unspecified atom stereocenters. The lowest BCUT2D eigenvalue weighted by atomic mass is 10.0. The number of sulfonamides is 1. The van der Waals surface area contributed by atoms with Crippen LogP contribution in [0, 0.1) is 5.82 Å². The number of fused-ring (bicyclic) bond motifs is 1. The van der Waals surface area contributed by atoms with Gasteiger partial charge in [0, 0.05) is 48.0 Å². The van der Waals surface area contributed by atoms with Gasteiger partial charge in [0.05, 0.1) is 17.5 Å². The van der Waals surface area contributed by atoms with Crippen molar-refractivity contribution in [2.24, 2.45) is 0 Å². The van der Waals surface area contributed by atoms with Crippen LogP contribution < -0.4 is 4.31 Å². The maximum Gasteiger partial charge on any atom is 0.232 e. The number of halogens is 1. The Morgan fingerprint density at radius 2 is 1.81 bits per heavy atom. The number of sulfone groups is 1. The van der Waals surface area contributed by atoms with Gasteiger partial charge in [0.1, 0.15) is 32.8 Å². The minimum atomic E-state index is -3.65. The summed E-state index contributed by atoms with van der Waals surface area (Å²) < 4.78 is 70.1. The molecule has 2 aromatic heterocycles. The molecule has 8 nitrogen and oxygen atoms in total. The van der Waals surface area contributed by atoms with Gasteiger partial charge in [-0.3, -0.25) is 4.31 Å². The number of unbranched alkanes of at least 4 members (excludes halogenated alkanes) is 1. The van der Waals surface area contributed by atoms with Gasteiger partial charge >= 0.3 is 0 Å². The van der Waals surface area contributed by atoms with Gasteiger partial charge in [-0.1, -0.05) is 0 Å². The predicted octanol–water partition coefficient (Wildman–Crippen LogP) is 5.10. The Hall–Kier alpha value is -3.18. The van der Waals surface area contributed by atoms with Crippen LogP contribution in [-0.2, 0) is 19.9 Å². The van der Waals surface area contributed by atoms with Crippen molar-refractivity contribution in [3.05, 3.63) is 60.2 Å². The SMILES string of the molecule is CS(=O)(=O)CCCCN(c1cc2oc(-c3ccc(F)cc3)c(-c3ncc[nH]3)c2cc1C1CC1)S(C)(=O)=O. The molecule has 196 valence electrons. The lowest BCUT2D eigenvalue weighted by Gasteiger charge is -2.25. The second-order valence-electron chi connectivity index (χ2n) is 9.60. The molecule has 0 atom stereocenters. The first-order valence-electron chi connectivity index (χ1n) is 12.0. The Kier molecular flexibility index (Phi) is 6.61. The Balaban J connectivity index is 1.65. The van der Waals surface area contributed by atoms with Crippen molar-refractivity contribution in [3.63, 3.8) is 0 Å². The minimum Gasteiger partial charge on any atom is -0.455 e. The fraction of sp³-hybridized carbons (Fsp3) is 0.346. The van der Waals surface area contributed by atoms with Crippen molar-refractivity contribution in [2.45, 2.75) is 31.6 Å². The fourth-order valence-corrected chi connectivity index (χ4v) is 6.32. The van der Waals surface area contributed by atoms with E-state index < -0.39 is 19.9 Å². The van der Waals surface area contributed by atoms with Crippen LogP contribution in [0.15, 0.2) is 53.2 Å². The third-order valence-electron chi connectivity index (χ3n) is 6.49. The summed E-state index contributed by atoms with van der Waals surface area (Å²) in [7, 11) is -6.78. The van der Waals surface area contributed by atoms with Crippen molar-refractivity contribution in [2.75, 3.05) is 29.1 Å². The number of nitrogens with zero attached hydrogens (tertiary/aromatic N) is 2. The molecule has 1 aliphatic carbocycles. The number of imidazole rings is 1. The Morgan fingerprint density at radius 3 is 2.41 bits per heavy atom. The second kappa shape index (κ2) is 9.60. The van der Waals surface area contributed by atoms with Crippen LogP contribution in [0.2, 0.25) is 0 Å². The average Bonchev–Trinajstić information content (AvgIpc) is 3.39. The highest BCUT2D eigenvalue weighted by Gasteiger charge is 2.32. The number of aromatic nitrogens is 2. The number of hydrogen-bond donors (Lipinski definition) is 1. The van der Waals surface area contributed by atoms with Crippen molar-refractivity contribution in [3.8, 4) is 22.7 Å². The number of benzene rings is 2. The summed E-state index contributed by atoms with van der Waals surface area (Å²) >= 11 is 0. The first-order valence-corrected chi connectivity index (χ1v) is 15.9. The van der Waals surface area contributed by atoms with Crippen molar-refractivity contribution in [1.82, 2.24) is 9.97 Å². The Morgan fingerprint density at radius 1 is 1.08 bits per heavy atom. The fourth-order valence-electron chi connectivity index (χ4n) is 4.61. The van der Waals surface area contributed by atoms with Crippen LogP contribution in [0.5, 0.6) is 0 Å². The highest BCUT2D eigenvalue weighted by atomic mass is 32.2. The minimum absolute atomic E-state index is 0.00480. The molecular formula is C26H28FN3O5S2. The van der Waals surface area contributed by atoms with Crippen LogP contribution in [0.25, 0.3) is 33.7 Å². The molecule has 2 aromatic carbocycles. The zero-order valence-corrected chi connectivity index (χ0v) is 22.2. The molecule has 0 radical (unpaired) electrons. The molecule has 1 aliphatic rings. The number of furan rings is 1. The Bertz CT molecular complexity index is 1640. The van der Waals surface area contributed by atoms with Crippen molar-refractivity contribution < 1.29 is 25.6 Å². The largest absolute Gasteiger partial charge is 0.455 e. The topological polar surface area (TPSA) is 113 Å². The van der Waals surface area contributed by atoms with Crippen LogP contribution >= 0.6 is 0 Å². The second-order valence-corrected chi connectivity index (χ2v) is 13.8. The monoisotopic (exact) mass is 545 g/mol. The summed E-state index contributed by atoms with van der Waals surface area (Å²) in [5, 5.41) is 0.783. The lowest BCUT2D eigenvalue weighted by Crippen LogP contribution is -2.32. The smallest absolute Gasteiger partial charge is 0.232 e. The van der Waals surface area contributed by atoms with Gasteiger partial charge in [-0.2, -0.15) is 0 Å². The van der Waals surface area contributed by atoms with Gasteiger partial charge in [-0.05, 0) is 67.5 Å².